The van der Waals surface area contributed by atoms with E-state index in [4.69, 9.17) is 9.90 Å². The van der Waals surface area contributed by atoms with Crippen LogP contribution >= 0.6 is 11.8 Å². The van der Waals surface area contributed by atoms with E-state index in [-0.39, 0.29) is 17.6 Å². The fraction of sp³-hybridized carbons (Fsp3) is 0.576. The zero-order valence-electron chi connectivity index (χ0n) is 25.1. The number of rotatable bonds is 11. The van der Waals surface area contributed by atoms with Crippen molar-refractivity contribution in [2.75, 3.05) is 38.5 Å². The first-order valence-corrected chi connectivity index (χ1v) is 16.5. The second-order valence-electron chi connectivity index (χ2n) is 12.4. The van der Waals surface area contributed by atoms with Crippen molar-refractivity contribution in [3.63, 3.8) is 0 Å². The van der Waals surface area contributed by atoms with E-state index >= 15 is 0 Å². The highest BCUT2D eigenvalue weighted by atomic mass is 32.2. The van der Waals surface area contributed by atoms with Gasteiger partial charge in [0.15, 0.2) is 0 Å². The van der Waals surface area contributed by atoms with Gasteiger partial charge in [0.05, 0.1) is 0 Å². The minimum absolute atomic E-state index is 0.152. The predicted octanol–water partition coefficient (Wildman–Crippen LogP) is 7.15. The van der Waals surface area contributed by atoms with Crippen molar-refractivity contribution in [2.24, 2.45) is 17.8 Å². The van der Waals surface area contributed by atoms with Crippen LogP contribution < -0.4 is 0 Å². The van der Waals surface area contributed by atoms with Crippen molar-refractivity contribution in [3.8, 4) is 0 Å². The lowest BCUT2D eigenvalue weighted by Gasteiger charge is -2.35. The molecule has 2 heterocycles. The van der Waals surface area contributed by atoms with Crippen molar-refractivity contribution < 1.29 is 41.8 Å². The van der Waals surface area contributed by atoms with E-state index in [0.29, 0.717) is 24.3 Å². The van der Waals surface area contributed by atoms with E-state index in [2.05, 4.69) is 9.80 Å². The number of carbonyl (C=O) groups is 2. The average molecular weight is 657 g/mol. The molecule has 45 heavy (non-hydrogen) atoms. The van der Waals surface area contributed by atoms with Gasteiger partial charge in [0, 0.05) is 30.4 Å². The average Bonchev–Trinajstić information content (AvgIpc) is 3.37. The summed E-state index contributed by atoms with van der Waals surface area (Å²) in [6.45, 7) is 4.50. The van der Waals surface area contributed by atoms with Gasteiger partial charge in [-0.25, -0.2) is 13.6 Å². The Bertz CT molecular complexity index is 1250. The first-order valence-electron chi connectivity index (χ1n) is 15.5. The number of hydrogen-bond acceptors (Lipinski definition) is 5. The number of likely N-dealkylation sites (tertiary alicyclic amines) is 2. The van der Waals surface area contributed by atoms with Gasteiger partial charge in [-0.15, -0.1) is 11.8 Å². The third-order valence-corrected chi connectivity index (χ3v) is 10.3. The summed E-state index contributed by atoms with van der Waals surface area (Å²) in [5.41, 5.74) is 0.998. The second-order valence-corrected chi connectivity index (χ2v) is 13.6. The fourth-order valence-electron chi connectivity index (χ4n) is 6.57. The van der Waals surface area contributed by atoms with E-state index in [9.17, 15) is 31.9 Å². The van der Waals surface area contributed by atoms with Gasteiger partial charge in [-0.05, 0) is 104 Å². The molecule has 248 valence electrons. The van der Waals surface area contributed by atoms with Crippen LogP contribution in [-0.2, 0) is 9.59 Å². The number of benzene rings is 2. The van der Waals surface area contributed by atoms with Crippen LogP contribution in [0, 0.1) is 29.4 Å². The number of aliphatic carboxylic acids is 2. The molecule has 0 radical (unpaired) electrons. The maximum Gasteiger partial charge on any atom is 0.490 e. The molecular formula is C33H41F5N2O4S. The normalized spacial score (nSPS) is 22.3. The molecule has 5 rings (SSSR count). The van der Waals surface area contributed by atoms with Gasteiger partial charge in [0.2, 0.25) is 0 Å². The minimum atomic E-state index is -5.08. The van der Waals surface area contributed by atoms with Crippen LogP contribution in [0.3, 0.4) is 0 Å². The van der Waals surface area contributed by atoms with Crippen LogP contribution in [0.5, 0.6) is 0 Å². The molecular weight excluding hydrogens is 615 g/mol. The summed E-state index contributed by atoms with van der Waals surface area (Å²) in [5.74, 6) is -1.15. The van der Waals surface area contributed by atoms with Gasteiger partial charge >= 0.3 is 18.1 Å². The van der Waals surface area contributed by atoms with E-state index in [0.717, 1.165) is 61.7 Å². The van der Waals surface area contributed by atoms with E-state index in [1.165, 1.54) is 43.9 Å². The summed E-state index contributed by atoms with van der Waals surface area (Å²) in [4.78, 5) is 27.0. The van der Waals surface area contributed by atoms with Crippen molar-refractivity contribution in [2.45, 2.75) is 68.0 Å². The Morgan fingerprint density at radius 2 is 1.58 bits per heavy atom. The lowest BCUT2D eigenvalue weighted by molar-refractivity contribution is -0.192. The number of halogens is 5. The molecule has 3 atom stereocenters. The van der Waals surface area contributed by atoms with Crippen LogP contribution in [0.1, 0.15) is 56.4 Å². The molecule has 2 N–H and O–H groups in total. The summed E-state index contributed by atoms with van der Waals surface area (Å²) in [6.07, 6.45) is 2.67. The van der Waals surface area contributed by atoms with Crippen LogP contribution in [0.25, 0.3) is 0 Å². The minimum Gasteiger partial charge on any atom is -0.480 e. The largest absolute Gasteiger partial charge is 0.490 e. The maximum absolute atomic E-state index is 14.2. The molecule has 1 aliphatic carbocycles. The Labute approximate surface area is 265 Å². The highest BCUT2D eigenvalue weighted by Crippen LogP contribution is 2.38. The topological polar surface area (TPSA) is 81.1 Å². The van der Waals surface area contributed by atoms with Gasteiger partial charge < -0.3 is 15.1 Å². The number of nitrogens with zero attached hydrogens (tertiary/aromatic N) is 2. The zero-order chi connectivity index (χ0) is 32.6. The molecule has 0 bridgehead atoms. The second kappa shape index (κ2) is 16.2. The van der Waals surface area contributed by atoms with Crippen molar-refractivity contribution in [1.29, 1.82) is 0 Å². The van der Waals surface area contributed by atoms with Gasteiger partial charge in [-0.3, -0.25) is 9.69 Å². The van der Waals surface area contributed by atoms with Gasteiger partial charge in [-0.1, -0.05) is 31.4 Å². The van der Waals surface area contributed by atoms with E-state index in [1.54, 1.807) is 23.9 Å². The molecule has 0 amide bonds. The SMILES string of the molecule is O=C(O)C(F)(F)F.O=C(O)[C@@H](CC1CCC1)N1C[C@H](CN2CCC(CCSc3ccc(F)cc3)CC2)[C@@H](c2cccc(F)c2)C1. The summed E-state index contributed by atoms with van der Waals surface area (Å²) < 4.78 is 59.0. The third-order valence-electron chi connectivity index (χ3n) is 9.30. The Kier molecular flexibility index (Phi) is 12.7. The van der Waals surface area contributed by atoms with Gasteiger partial charge in [0.25, 0.3) is 0 Å². The first kappa shape index (κ1) is 35.2. The standard InChI is InChI=1S/C31H40F2N2O2S.C2HF3O2/c32-26-7-9-28(10-8-26)38-16-13-22-11-14-34(15-12-22)19-25-20-35(30(31(36)37)17-23-3-1-4-23)21-29(25)24-5-2-6-27(33)18-24;3-2(4,5)1(6)7/h2,5-10,18,22-23,25,29-30H,1,3-4,11-17,19-21H2,(H,36,37);(H,6,7)/t25-,29+,30+;/m0./s1. The Hall–Kier alpha value is -2.70. The molecule has 3 aliphatic rings. The molecule has 0 aromatic heterocycles. The number of alkyl halides is 3. The fourth-order valence-corrected chi connectivity index (χ4v) is 7.59. The summed E-state index contributed by atoms with van der Waals surface area (Å²) >= 11 is 1.80. The smallest absolute Gasteiger partial charge is 0.480 e. The highest BCUT2D eigenvalue weighted by Gasteiger charge is 2.41. The number of thioether (sulfide) groups is 1. The molecule has 2 aliphatic heterocycles. The summed E-state index contributed by atoms with van der Waals surface area (Å²) in [5, 5.41) is 17.2. The molecule has 12 heteroatoms. The van der Waals surface area contributed by atoms with Crippen molar-refractivity contribution in [3.05, 3.63) is 65.7 Å². The van der Waals surface area contributed by atoms with Crippen molar-refractivity contribution >= 4 is 23.7 Å². The molecule has 3 fully saturated rings. The van der Waals surface area contributed by atoms with E-state index in [1.807, 2.05) is 18.2 Å². The molecule has 2 aromatic rings. The number of carboxylic acid groups (broad SMARTS) is 2. The molecule has 2 aromatic carbocycles. The number of carboxylic acids is 2. The summed E-state index contributed by atoms with van der Waals surface area (Å²) in [7, 11) is 0. The van der Waals surface area contributed by atoms with Crippen LogP contribution in [0.4, 0.5) is 22.0 Å². The Morgan fingerprint density at radius 1 is 0.911 bits per heavy atom. The Morgan fingerprint density at radius 3 is 2.13 bits per heavy atom. The number of hydrogen-bond donors (Lipinski definition) is 2. The molecule has 0 spiro atoms. The molecule has 2 saturated heterocycles. The quantitative estimate of drug-likeness (QED) is 0.196. The highest BCUT2D eigenvalue weighted by molar-refractivity contribution is 7.99. The van der Waals surface area contributed by atoms with Gasteiger partial charge in [-0.2, -0.15) is 13.2 Å². The monoisotopic (exact) mass is 656 g/mol. The van der Waals surface area contributed by atoms with E-state index < -0.39 is 24.2 Å². The summed E-state index contributed by atoms with van der Waals surface area (Å²) in [6, 6.07) is 13.2. The van der Waals surface area contributed by atoms with Crippen molar-refractivity contribution in [1.82, 2.24) is 9.80 Å². The molecule has 6 nitrogen and oxygen atoms in total. The number of piperidine rings is 1. The lowest BCUT2D eigenvalue weighted by atomic mass is 9.80. The first-order chi connectivity index (χ1) is 21.4. The third kappa shape index (κ3) is 10.7. The van der Waals surface area contributed by atoms with Crippen LogP contribution in [-0.4, -0.2) is 82.6 Å². The molecule has 1 saturated carbocycles. The predicted molar refractivity (Wildman–Crippen MR) is 162 cm³/mol. The lowest BCUT2D eigenvalue weighted by Crippen LogP contribution is -2.43. The van der Waals surface area contributed by atoms with Crippen LogP contribution in [0.15, 0.2) is 53.4 Å². The van der Waals surface area contributed by atoms with Crippen LogP contribution in [0.2, 0.25) is 0 Å². The molecule has 0 unspecified atom stereocenters. The maximum atomic E-state index is 14.2. The Balaban J connectivity index is 0.000000591. The van der Waals surface area contributed by atoms with Gasteiger partial charge in [0.1, 0.15) is 17.7 Å². The zero-order valence-corrected chi connectivity index (χ0v) is 25.9.